The Morgan fingerprint density at radius 2 is 1.62 bits per heavy atom. The van der Waals surface area contributed by atoms with Crippen LogP contribution < -0.4 is 9.64 Å². The summed E-state index contributed by atoms with van der Waals surface area (Å²) in [6, 6.07) is 10.9. The Hall–Kier alpha value is -2.79. The highest BCUT2D eigenvalue weighted by Crippen LogP contribution is 2.41. The number of piperidine rings is 1. The van der Waals surface area contributed by atoms with Gasteiger partial charge in [-0.3, -0.25) is 9.59 Å². The van der Waals surface area contributed by atoms with Gasteiger partial charge in [0.2, 0.25) is 0 Å². The molecule has 0 N–H and O–H groups in total. The number of halogens is 1. The maximum Gasteiger partial charge on any atom is 0.282 e. The van der Waals surface area contributed by atoms with Crippen LogP contribution in [0.2, 0.25) is 5.02 Å². The van der Waals surface area contributed by atoms with E-state index in [9.17, 15) is 9.59 Å². The van der Waals surface area contributed by atoms with E-state index in [0.717, 1.165) is 36.2 Å². The van der Waals surface area contributed by atoms with Crippen LogP contribution in [-0.4, -0.2) is 36.9 Å². The van der Waals surface area contributed by atoms with Crippen LogP contribution >= 0.6 is 11.6 Å². The molecule has 0 radical (unpaired) electrons. The lowest BCUT2D eigenvalue weighted by molar-refractivity contribution is -0.120. The van der Waals surface area contributed by atoms with E-state index in [1.54, 1.807) is 18.2 Å². The molecule has 2 amide bonds. The maximum atomic E-state index is 13.9. The van der Waals surface area contributed by atoms with Crippen molar-refractivity contribution in [1.82, 2.24) is 4.90 Å². The molecule has 0 aromatic heterocycles. The molecular weight excluding hydrogens is 424 g/mol. The quantitative estimate of drug-likeness (QED) is 0.596. The maximum absolute atomic E-state index is 13.9. The largest absolute Gasteiger partial charge is 0.495 e. The fourth-order valence-electron chi connectivity index (χ4n) is 4.87. The molecular formula is C26H29ClN2O3. The summed E-state index contributed by atoms with van der Waals surface area (Å²) in [6.07, 6.45) is 1.11. The molecule has 32 heavy (non-hydrogen) atoms. The van der Waals surface area contributed by atoms with Crippen molar-refractivity contribution in [2.24, 2.45) is 11.8 Å². The van der Waals surface area contributed by atoms with E-state index in [1.807, 2.05) is 32.0 Å². The molecule has 0 aliphatic carbocycles. The van der Waals surface area contributed by atoms with Crippen molar-refractivity contribution in [2.45, 2.75) is 34.1 Å². The molecule has 5 nitrogen and oxygen atoms in total. The number of anilines is 1. The number of amides is 2. The Bertz CT molecular complexity index is 1110. The first-order valence-corrected chi connectivity index (χ1v) is 11.4. The van der Waals surface area contributed by atoms with Gasteiger partial charge in [-0.1, -0.05) is 43.6 Å². The molecule has 2 aliphatic rings. The van der Waals surface area contributed by atoms with Gasteiger partial charge in [-0.2, -0.15) is 0 Å². The van der Waals surface area contributed by atoms with E-state index >= 15 is 0 Å². The van der Waals surface area contributed by atoms with E-state index in [4.69, 9.17) is 16.3 Å². The van der Waals surface area contributed by atoms with Crippen LogP contribution in [0.1, 0.15) is 37.0 Å². The highest BCUT2D eigenvalue weighted by Gasteiger charge is 2.44. The van der Waals surface area contributed by atoms with Crippen molar-refractivity contribution in [3.8, 4) is 5.75 Å². The minimum atomic E-state index is -0.348. The standard InChI is InChI=1S/C26H29ClN2O3/c1-15-10-16(2)14-28(13-15)24-23(19-7-6-17(3)18(4)11-19)25(30)29(26(24)31)21-12-20(27)8-9-22(21)32-5/h6-9,11-12,15-16H,10,13-14H2,1-5H3. The molecule has 0 spiro atoms. The summed E-state index contributed by atoms with van der Waals surface area (Å²) >= 11 is 6.23. The molecule has 2 aromatic carbocycles. The minimum absolute atomic E-state index is 0.329. The van der Waals surface area contributed by atoms with Gasteiger partial charge in [0.1, 0.15) is 11.4 Å². The third-order valence-electron chi connectivity index (χ3n) is 6.42. The number of imide groups is 1. The first-order chi connectivity index (χ1) is 15.2. The van der Waals surface area contributed by atoms with Gasteiger partial charge in [0, 0.05) is 18.1 Å². The number of hydrogen-bond donors (Lipinski definition) is 0. The van der Waals surface area contributed by atoms with Crippen LogP contribution in [0.15, 0.2) is 42.1 Å². The van der Waals surface area contributed by atoms with E-state index < -0.39 is 0 Å². The summed E-state index contributed by atoms with van der Waals surface area (Å²) < 4.78 is 5.46. The van der Waals surface area contributed by atoms with E-state index in [1.165, 1.54) is 12.0 Å². The summed E-state index contributed by atoms with van der Waals surface area (Å²) in [5, 5.41) is 0.433. The molecule has 1 fully saturated rings. The predicted octanol–water partition coefficient (Wildman–Crippen LogP) is 5.23. The highest BCUT2D eigenvalue weighted by atomic mass is 35.5. The van der Waals surface area contributed by atoms with Crippen molar-refractivity contribution in [3.63, 3.8) is 0 Å². The van der Waals surface area contributed by atoms with E-state index in [0.29, 0.717) is 39.6 Å². The van der Waals surface area contributed by atoms with Crippen molar-refractivity contribution < 1.29 is 14.3 Å². The number of hydrogen-bond acceptors (Lipinski definition) is 4. The fourth-order valence-corrected chi connectivity index (χ4v) is 5.04. The van der Waals surface area contributed by atoms with Crippen LogP contribution in [0, 0.1) is 25.7 Å². The van der Waals surface area contributed by atoms with Crippen molar-refractivity contribution in [2.75, 3.05) is 25.1 Å². The van der Waals surface area contributed by atoms with Gasteiger partial charge in [0.15, 0.2) is 0 Å². The number of carbonyl (C=O) groups is 2. The predicted molar refractivity (Wildman–Crippen MR) is 128 cm³/mol. The molecule has 2 aromatic rings. The molecule has 4 rings (SSSR count). The number of methoxy groups -OCH3 is 1. The number of carbonyl (C=O) groups excluding carboxylic acids is 2. The molecule has 2 heterocycles. The Morgan fingerprint density at radius 3 is 2.25 bits per heavy atom. The van der Waals surface area contributed by atoms with Gasteiger partial charge in [-0.15, -0.1) is 0 Å². The van der Waals surface area contributed by atoms with Gasteiger partial charge < -0.3 is 9.64 Å². The third kappa shape index (κ3) is 3.90. The topological polar surface area (TPSA) is 49.9 Å². The van der Waals surface area contributed by atoms with Gasteiger partial charge >= 0.3 is 0 Å². The summed E-state index contributed by atoms with van der Waals surface area (Å²) in [5.41, 5.74) is 4.26. The summed E-state index contributed by atoms with van der Waals surface area (Å²) in [4.78, 5) is 31.0. The molecule has 168 valence electrons. The zero-order valence-corrected chi connectivity index (χ0v) is 20.0. The monoisotopic (exact) mass is 452 g/mol. The molecule has 0 bridgehead atoms. The SMILES string of the molecule is COc1ccc(Cl)cc1N1C(=O)C(c2ccc(C)c(C)c2)=C(N2CC(C)CC(C)C2)C1=O. The smallest absolute Gasteiger partial charge is 0.282 e. The van der Waals surface area contributed by atoms with Crippen LogP contribution in [0.25, 0.3) is 5.57 Å². The van der Waals surface area contributed by atoms with E-state index in [2.05, 4.69) is 18.7 Å². The number of ether oxygens (including phenoxy) is 1. The van der Waals surface area contributed by atoms with Crippen LogP contribution in [-0.2, 0) is 9.59 Å². The summed E-state index contributed by atoms with van der Waals surface area (Å²) in [5.74, 6) is 0.622. The lowest BCUT2D eigenvalue weighted by Gasteiger charge is -2.37. The molecule has 2 aliphatic heterocycles. The fraction of sp³-hybridized carbons (Fsp3) is 0.385. The number of nitrogens with zero attached hydrogens (tertiary/aromatic N) is 2. The van der Waals surface area contributed by atoms with Gasteiger partial charge in [-0.05, 0) is 67.0 Å². The van der Waals surface area contributed by atoms with Crippen LogP contribution in [0.5, 0.6) is 5.75 Å². The van der Waals surface area contributed by atoms with Gasteiger partial charge in [0.25, 0.3) is 11.8 Å². The molecule has 2 atom stereocenters. The van der Waals surface area contributed by atoms with E-state index in [-0.39, 0.29) is 11.8 Å². The Labute approximate surface area is 194 Å². The first-order valence-electron chi connectivity index (χ1n) is 11.0. The third-order valence-corrected chi connectivity index (χ3v) is 6.66. The Morgan fingerprint density at radius 1 is 0.938 bits per heavy atom. The van der Waals surface area contributed by atoms with Crippen molar-refractivity contribution in [1.29, 1.82) is 0 Å². The summed E-state index contributed by atoms with van der Waals surface area (Å²) in [6.45, 7) is 9.92. The second kappa shape index (κ2) is 8.62. The van der Waals surface area contributed by atoms with Crippen LogP contribution in [0.4, 0.5) is 5.69 Å². The first kappa shape index (κ1) is 22.4. The van der Waals surface area contributed by atoms with Crippen molar-refractivity contribution in [3.05, 3.63) is 63.8 Å². The second-order valence-electron chi connectivity index (χ2n) is 9.14. The second-order valence-corrected chi connectivity index (χ2v) is 9.57. The number of aryl methyl sites for hydroxylation is 2. The molecule has 2 unspecified atom stereocenters. The average Bonchev–Trinajstić information content (AvgIpc) is 2.99. The average molecular weight is 453 g/mol. The Kier molecular flexibility index (Phi) is 6.04. The van der Waals surface area contributed by atoms with Gasteiger partial charge in [0.05, 0.1) is 18.4 Å². The molecule has 6 heteroatoms. The zero-order valence-electron chi connectivity index (χ0n) is 19.2. The Balaban J connectivity index is 1.89. The normalized spacial score (nSPS) is 21.6. The minimum Gasteiger partial charge on any atom is -0.495 e. The lowest BCUT2D eigenvalue weighted by Crippen LogP contribution is -2.42. The lowest BCUT2D eigenvalue weighted by atomic mass is 9.90. The molecule has 1 saturated heterocycles. The molecule has 0 saturated carbocycles. The van der Waals surface area contributed by atoms with Gasteiger partial charge in [-0.25, -0.2) is 4.90 Å². The number of likely N-dealkylation sites (tertiary alicyclic amines) is 1. The zero-order chi connectivity index (χ0) is 23.2. The van der Waals surface area contributed by atoms with Crippen molar-refractivity contribution >= 4 is 34.7 Å². The number of benzene rings is 2. The number of rotatable bonds is 4. The van der Waals surface area contributed by atoms with Crippen LogP contribution in [0.3, 0.4) is 0 Å². The highest BCUT2D eigenvalue weighted by molar-refractivity contribution is 6.46. The summed E-state index contributed by atoms with van der Waals surface area (Å²) in [7, 11) is 1.52.